The third kappa shape index (κ3) is 5.15. The number of rotatable bonds is 4. The molecule has 0 aromatic heterocycles. The van der Waals surface area contributed by atoms with Crippen LogP contribution in [0.4, 0.5) is 11.4 Å². The number of ether oxygens (including phenoxy) is 1. The molecule has 0 bridgehead atoms. The van der Waals surface area contributed by atoms with E-state index in [1.807, 2.05) is 59.0 Å². The molecule has 0 saturated carbocycles. The Morgan fingerprint density at radius 2 is 1.89 bits per heavy atom. The smallest absolute Gasteiger partial charge is 0.266 e. The van der Waals surface area contributed by atoms with Crippen LogP contribution < -0.4 is 10.2 Å². The number of nitriles is 1. The largest absolute Gasteiger partial charge is 0.506 e. The molecular formula is C20H17I2N3O3. The van der Waals surface area contributed by atoms with Crippen LogP contribution in [0.5, 0.6) is 5.75 Å². The summed E-state index contributed by atoms with van der Waals surface area (Å²) in [7, 11) is 0. The minimum Gasteiger partial charge on any atom is -0.506 e. The van der Waals surface area contributed by atoms with Gasteiger partial charge in [-0.25, -0.2) is 0 Å². The fourth-order valence-corrected chi connectivity index (χ4v) is 4.67. The minimum absolute atomic E-state index is 0.0523. The van der Waals surface area contributed by atoms with Crippen LogP contribution in [0.3, 0.4) is 0 Å². The van der Waals surface area contributed by atoms with E-state index in [1.54, 1.807) is 6.07 Å². The van der Waals surface area contributed by atoms with Crippen molar-refractivity contribution < 1.29 is 14.6 Å². The number of nitrogens with zero attached hydrogens (tertiary/aromatic N) is 2. The Morgan fingerprint density at radius 1 is 1.21 bits per heavy atom. The second-order valence-corrected chi connectivity index (χ2v) is 8.50. The van der Waals surface area contributed by atoms with Crippen molar-refractivity contribution in [3.8, 4) is 11.8 Å². The molecule has 6 nitrogen and oxygen atoms in total. The summed E-state index contributed by atoms with van der Waals surface area (Å²) in [6.07, 6.45) is 1.40. The number of phenols is 1. The summed E-state index contributed by atoms with van der Waals surface area (Å²) in [5.41, 5.74) is 2.02. The number of aromatic hydroxyl groups is 1. The fraction of sp³-hybridized carbons (Fsp3) is 0.200. The lowest BCUT2D eigenvalue weighted by Gasteiger charge is -2.28. The van der Waals surface area contributed by atoms with Gasteiger partial charge in [0.05, 0.1) is 16.8 Å². The van der Waals surface area contributed by atoms with Crippen LogP contribution in [-0.4, -0.2) is 37.3 Å². The van der Waals surface area contributed by atoms with Crippen LogP contribution >= 0.6 is 45.2 Å². The van der Waals surface area contributed by atoms with Crippen molar-refractivity contribution in [3.63, 3.8) is 0 Å². The number of morpholine rings is 1. The second kappa shape index (κ2) is 9.58. The zero-order chi connectivity index (χ0) is 20.1. The predicted molar refractivity (Wildman–Crippen MR) is 125 cm³/mol. The van der Waals surface area contributed by atoms with Gasteiger partial charge >= 0.3 is 0 Å². The number of hydrogen-bond donors (Lipinski definition) is 2. The van der Waals surface area contributed by atoms with Gasteiger partial charge in [0.15, 0.2) is 0 Å². The van der Waals surface area contributed by atoms with Gasteiger partial charge in [-0.15, -0.1) is 0 Å². The molecule has 1 amide bonds. The van der Waals surface area contributed by atoms with Crippen LogP contribution in [0.2, 0.25) is 0 Å². The number of carbonyl (C=O) groups excluding carboxylic acids is 1. The van der Waals surface area contributed by atoms with E-state index in [9.17, 15) is 15.2 Å². The van der Waals surface area contributed by atoms with Gasteiger partial charge in [0.1, 0.15) is 17.4 Å². The van der Waals surface area contributed by atoms with Gasteiger partial charge in [-0.05, 0) is 87.7 Å². The number of benzene rings is 2. The monoisotopic (exact) mass is 601 g/mol. The van der Waals surface area contributed by atoms with E-state index in [1.165, 1.54) is 6.08 Å². The van der Waals surface area contributed by atoms with Crippen molar-refractivity contribution in [1.82, 2.24) is 0 Å². The zero-order valence-electron chi connectivity index (χ0n) is 14.8. The first kappa shape index (κ1) is 20.9. The molecule has 1 aliphatic rings. The lowest BCUT2D eigenvalue weighted by Crippen LogP contribution is -2.36. The molecule has 1 fully saturated rings. The molecule has 0 unspecified atom stereocenters. The van der Waals surface area contributed by atoms with Gasteiger partial charge in [0.2, 0.25) is 0 Å². The molecule has 1 aliphatic heterocycles. The summed E-state index contributed by atoms with van der Waals surface area (Å²) in [5.74, 6) is -0.466. The first-order valence-corrected chi connectivity index (χ1v) is 10.7. The van der Waals surface area contributed by atoms with Gasteiger partial charge in [-0.2, -0.15) is 5.26 Å². The molecule has 0 atom stereocenters. The molecule has 2 N–H and O–H groups in total. The maximum atomic E-state index is 12.5. The Morgan fingerprint density at radius 3 is 2.54 bits per heavy atom. The summed E-state index contributed by atoms with van der Waals surface area (Å²) < 4.78 is 6.92. The number of carbonyl (C=O) groups is 1. The summed E-state index contributed by atoms with van der Waals surface area (Å²) >= 11 is 4.14. The molecule has 28 heavy (non-hydrogen) atoms. The van der Waals surface area contributed by atoms with E-state index in [-0.39, 0.29) is 11.3 Å². The van der Waals surface area contributed by atoms with Gasteiger partial charge < -0.3 is 20.1 Å². The highest BCUT2D eigenvalue weighted by Crippen LogP contribution is 2.29. The van der Waals surface area contributed by atoms with Crippen LogP contribution in [-0.2, 0) is 9.53 Å². The molecule has 2 aromatic rings. The summed E-state index contributed by atoms with van der Waals surface area (Å²) in [5, 5.41) is 22.3. The van der Waals surface area contributed by atoms with Crippen molar-refractivity contribution in [3.05, 3.63) is 54.7 Å². The average Bonchev–Trinajstić information content (AvgIpc) is 2.70. The van der Waals surface area contributed by atoms with Crippen molar-refractivity contribution in [2.24, 2.45) is 0 Å². The maximum Gasteiger partial charge on any atom is 0.266 e. The fourth-order valence-electron chi connectivity index (χ4n) is 2.78. The first-order chi connectivity index (χ1) is 13.5. The number of hydrogen-bond acceptors (Lipinski definition) is 5. The molecule has 8 heteroatoms. The SMILES string of the molecule is N#C/C(=C\c1cc(I)cc(I)c1O)C(=O)Nc1ccc(N2CCOCC2)cc1. The molecular weight excluding hydrogens is 584 g/mol. The van der Waals surface area contributed by atoms with E-state index < -0.39 is 5.91 Å². The second-order valence-electron chi connectivity index (χ2n) is 6.10. The molecule has 1 saturated heterocycles. The van der Waals surface area contributed by atoms with Crippen LogP contribution in [0.15, 0.2) is 42.0 Å². The number of anilines is 2. The molecule has 3 rings (SSSR count). The highest BCUT2D eigenvalue weighted by atomic mass is 127. The quantitative estimate of drug-likeness (QED) is 0.315. The molecule has 2 aromatic carbocycles. The number of halogens is 2. The standard InChI is InChI=1S/C20H17I2N3O3/c21-15-10-13(19(26)18(22)11-15)9-14(12-23)20(27)24-16-1-3-17(4-2-16)25-5-7-28-8-6-25/h1-4,9-11,26H,5-8H2,(H,24,27)/b14-9+. The number of phenolic OH excluding ortho intramolecular Hbond substituents is 1. The van der Waals surface area contributed by atoms with Crippen molar-refractivity contribution >= 4 is 68.5 Å². The molecule has 0 spiro atoms. The Balaban J connectivity index is 1.75. The summed E-state index contributed by atoms with van der Waals surface area (Å²) in [6.45, 7) is 3.09. The Bertz CT molecular complexity index is 946. The van der Waals surface area contributed by atoms with Crippen LogP contribution in [0.25, 0.3) is 6.08 Å². The molecule has 0 radical (unpaired) electrons. The van der Waals surface area contributed by atoms with Crippen molar-refractivity contribution in [1.29, 1.82) is 5.26 Å². The lowest BCUT2D eigenvalue weighted by molar-refractivity contribution is -0.112. The van der Waals surface area contributed by atoms with E-state index in [0.717, 1.165) is 22.3 Å². The van der Waals surface area contributed by atoms with Gasteiger partial charge in [0, 0.05) is 33.6 Å². The zero-order valence-corrected chi connectivity index (χ0v) is 19.1. The third-order valence-corrected chi connectivity index (χ3v) is 5.67. The third-order valence-electron chi connectivity index (χ3n) is 4.22. The van der Waals surface area contributed by atoms with E-state index in [0.29, 0.717) is 28.0 Å². The van der Waals surface area contributed by atoms with Gasteiger partial charge in [-0.1, -0.05) is 0 Å². The highest BCUT2D eigenvalue weighted by Gasteiger charge is 2.14. The lowest BCUT2D eigenvalue weighted by atomic mass is 10.1. The van der Waals surface area contributed by atoms with E-state index in [4.69, 9.17) is 4.74 Å². The minimum atomic E-state index is -0.519. The molecule has 144 valence electrons. The van der Waals surface area contributed by atoms with Gasteiger partial charge in [-0.3, -0.25) is 4.79 Å². The van der Waals surface area contributed by atoms with Crippen LogP contribution in [0.1, 0.15) is 5.56 Å². The van der Waals surface area contributed by atoms with Crippen molar-refractivity contribution in [2.75, 3.05) is 36.5 Å². The van der Waals surface area contributed by atoms with E-state index in [2.05, 4.69) is 32.8 Å². The maximum absolute atomic E-state index is 12.5. The number of amides is 1. The normalized spacial score (nSPS) is 14.5. The van der Waals surface area contributed by atoms with Crippen LogP contribution in [0, 0.1) is 18.5 Å². The highest BCUT2D eigenvalue weighted by molar-refractivity contribution is 14.1. The topological polar surface area (TPSA) is 85.6 Å². The Hall–Kier alpha value is -1.84. The molecule has 0 aliphatic carbocycles. The van der Waals surface area contributed by atoms with Crippen molar-refractivity contribution in [2.45, 2.75) is 0 Å². The Kier molecular flexibility index (Phi) is 7.14. The number of nitrogens with one attached hydrogen (secondary N) is 1. The first-order valence-electron chi connectivity index (χ1n) is 8.52. The Labute approximate surface area is 190 Å². The predicted octanol–water partition coefficient (Wildman–Crippen LogP) is 3.98. The summed E-state index contributed by atoms with van der Waals surface area (Å²) in [6, 6.07) is 12.9. The van der Waals surface area contributed by atoms with E-state index >= 15 is 0 Å². The molecule has 1 heterocycles. The van der Waals surface area contributed by atoms with Gasteiger partial charge in [0.25, 0.3) is 5.91 Å². The average molecular weight is 601 g/mol. The summed E-state index contributed by atoms with van der Waals surface area (Å²) in [4.78, 5) is 14.7.